The van der Waals surface area contributed by atoms with Crippen molar-refractivity contribution in [3.05, 3.63) is 53.6 Å². The van der Waals surface area contributed by atoms with Crippen LogP contribution in [-0.4, -0.2) is 50.7 Å². The highest BCUT2D eigenvalue weighted by Crippen LogP contribution is 2.27. The average Bonchev–Trinajstić information content (AvgIpc) is 3.35. The molecule has 1 aromatic heterocycles. The van der Waals surface area contributed by atoms with E-state index in [0.717, 1.165) is 22.6 Å². The Hall–Kier alpha value is -3.55. The molecule has 28 heavy (non-hydrogen) atoms. The summed E-state index contributed by atoms with van der Waals surface area (Å²) in [5, 5.41) is 11.3. The Labute approximate surface area is 161 Å². The molecular weight excluding hydrogens is 354 g/mol. The Morgan fingerprint density at radius 3 is 2.89 bits per heavy atom. The fourth-order valence-electron chi connectivity index (χ4n) is 3.55. The van der Waals surface area contributed by atoms with Crippen LogP contribution in [0.2, 0.25) is 0 Å². The van der Waals surface area contributed by atoms with E-state index in [9.17, 15) is 4.79 Å². The van der Waals surface area contributed by atoms with Crippen molar-refractivity contribution in [1.82, 2.24) is 25.2 Å². The number of guanidine groups is 1. The van der Waals surface area contributed by atoms with Crippen molar-refractivity contribution in [3.63, 3.8) is 0 Å². The largest absolute Gasteiger partial charge is 0.294 e. The van der Waals surface area contributed by atoms with Crippen LogP contribution in [-0.2, 0) is 0 Å². The molecule has 0 fully saturated rings. The summed E-state index contributed by atoms with van der Waals surface area (Å²) in [6.45, 7) is 5.47. The molecule has 8 heteroatoms. The first-order valence-electron chi connectivity index (χ1n) is 9.28. The van der Waals surface area contributed by atoms with Crippen molar-refractivity contribution in [2.24, 2.45) is 9.98 Å². The normalized spacial score (nSPS) is 15.3. The molecule has 5 rings (SSSR count). The molecule has 0 aliphatic carbocycles. The lowest BCUT2D eigenvalue weighted by Gasteiger charge is -2.27. The van der Waals surface area contributed by atoms with Crippen LogP contribution in [0.25, 0.3) is 11.0 Å². The molecule has 8 nitrogen and oxygen atoms in total. The van der Waals surface area contributed by atoms with Crippen LogP contribution in [0.5, 0.6) is 0 Å². The number of benzene rings is 2. The molecule has 2 aromatic carbocycles. The predicted molar refractivity (Wildman–Crippen MR) is 107 cm³/mol. The van der Waals surface area contributed by atoms with Gasteiger partial charge in [0.25, 0.3) is 5.91 Å². The first-order valence-corrected chi connectivity index (χ1v) is 9.28. The van der Waals surface area contributed by atoms with Crippen LogP contribution in [0, 0.1) is 0 Å². The summed E-state index contributed by atoms with van der Waals surface area (Å²) in [5.74, 6) is 1.13. The quantitative estimate of drug-likeness (QED) is 0.748. The highest BCUT2D eigenvalue weighted by Gasteiger charge is 2.30. The summed E-state index contributed by atoms with van der Waals surface area (Å²) in [7, 11) is 0. The number of nitrogens with one attached hydrogen (secondary N) is 1. The van der Waals surface area contributed by atoms with Gasteiger partial charge in [-0.1, -0.05) is 17.3 Å². The molecule has 0 radical (unpaired) electrons. The van der Waals surface area contributed by atoms with E-state index in [1.54, 1.807) is 12.1 Å². The Kier molecular flexibility index (Phi) is 3.71. The van der Waals surface area contributed by atoms with Crippen LogP contribution in [0.3, 0.4) is 0 Å². The third-order valence-electron chi connectivity index (χ3n) is 4.92. The molecule has 1 N–H and O–H groups in total. The molecule has 0 atom stereocenters. The van der Waals surface area contributed by atoms with E-state index >= 15 is 0 Å². The number of aromatic nitrogens is 3. The maximum absolute atomic E-state index is 12.9. The van der Waals surface area contributed by atoms with Crippen LogP contribution in [0.15, 0.2) is 52.4 Å². The van der Waals surface area contributed by atoms with E-state index in [1.165, 1.54) is 0 Å². The Bertz CT molecular complexity index is 1160. The minimum Gasteiger partial charge on any atom is -0.294 e. The van der Waals surface area contributed by atoms with E-state index in [-0.39, 0.29) is 11.9 Å². The SMILES string of the molecule is CC(C)n1nnc2cc(C(=O)NC3=Nc4ccccc4C4=NCCN34)ccc21. The van der Waals surface area contributed by atoms with Crippen molar-refractivity contribution in [2.45, 2.75) is 19.9 Å². The Morgan fingerprint density at radius 1 is 1.18 bits per heavy atom. The number of amides is 1. The van der Waals surface area contributed by atoms with Crippen LogP contribution in [0.1, 0.15) is 35.8 Å². The Balaban J connectivity index is 1.46. The summed E-state index contributed by atoms with van der Waals surface area (Å²) in [4.78, 5) is 24.1. The summed E-state index contributed by atoms with van der Waals surface area (Å²) >= 11 is 0. The molecular formula is C20H19N7O. The van der Waals surface area contributed by atoms with E-state index in [2.05, 4.69) is 25.6 Å². The van der Waals surface area contributed by atoms with E-state index in [4.69, 9.17) is 0 Å². The molecule has 2 aliphatic rings. The van der Waals surface area contributed by atoms with E-state index in [1.807, 2.05) is 53.8 Å². The van der Waals surface area contributed by atoms with Gasteiger partial charge in [0.05, 0.1) is 17.7 Å². The minimum absolute atomic E-state index is 0.203. The third kappa shape index (κ3) is 2.57. The molecule has 0 saturated heterocycles. The average molecular weight is 373 g/mol. The smallest absolute Gasteiger partial charge is 0.258 e. The number of amidine groups is 1. The highest BCUT2D eigenvalue weighted by atomic mass is 16.1. The van der Waals surface area contributed by atoms with Gasteiger partial charge in [0.2, 0.25) is 5.96 Å². The minimum atomic E-state index is -0.231. The number of fused-ring (bicyclic) bond motifs is 4. The first-order chi connectivity index (χ1) is 13.6. The number of hydrogen-bond donors (Lipinski definition) is 1. The lowest BCUT2D eigenvalue weighted by Crippen LogP contribution is -2.47. The van der Waals surface area contributed by atoms with Crippen molar-refractivity contribution in [2.75, 3.05) is 13.1 Å². The monoisotopic (exact) mass is 373 g/mol. The molecule has 3 aromatic rings. The van der Waals surface area contributed by atoms with Gasteiger partial charge >= 0.3 is 0 Å². The summed E-state index contributed by atoms with van der Waals surface area (Å²) < 4.78 is 1.84. The second-order valence-corrected chi connectivity index (χ2v) is 7.09. The third-order valence-corrected chi connectivity index (χ3v) is 4.92. The standard InChI is InChI=1S/C20H19N7O/c1-12(2)27-17-8-7-13(11-16(17)24-25-27)19(28)23-20-22-15-6-4-3-5-14(15)18-21-9-10-26(18)20/h3-8,11-12H,9-10H2,1-2H3,(H,22,23,28). The molecule has 1 amide bonds. The molecule has 140 valence electrons. The number of carbonyl (C=O) groups excluding carboxylic acids is 1. The van der Waals surface area contributed by atoms with Gasteiger partial charge in [0, 0.05) is 23.7 Å². The van der Waals surface area contributed by atoms with Gasteiger partial charge in [-0.15, -0.1) is 5.10 Å². The van der Waals surface area contributed by atoms with Gasteiger partial charge in [-0.2, -0.15) is 0 Å². The van der Waals surface area contributed by atoms with Crippen molar-refractivity contribution >= 4 is 34.4 Å². The lowest BCUT2D eigenvalue weighted by molar-refractivity contribution is 0.0974. The van der Waals surface area contributed by atoms with Gasteiger partial charge in [0.1, 0.15) is 11.4 Å². The zero-order valence-electron chi connectivity index (χ0n) is 15.6. The van der Waals surface area contributed by atoms with Gasteiger partial charge in [-0.3, -0.25) is 20.0 Å². The second-order valence-electron chi connectivity index (χ2n) is 7.09. The molecule has 0 saturated carbocycles. The molecule has 0 bridgehead atoms. The topological polar surface area (TPSA) is 87.8 Å². The number of rotatable bonds is 2. The fourth-order valence-corrected chi connectivity index (χ4v) is 3.55. The van der Waals surface area contributed by atoms with Gasteiger partial charge in [-0.25, -0.2) is 9.67 Å². The van der Waals surface area contributed by atoms with Crippen molar-refractivity contribution in [1.29, 1.82) is 0 Å². The molecule has 0 spiro atoms. The van der Waals surface area contributed by atoms with E-state index < -0.39 is 0 Å². The van der Waals surface area contributed by atoms with Crippen molar-refractivity contribution < 1.29 is 4.79 Å². The predicted octanol–water partition coefficient (Wildman–Crippen LogP) is 2.51. The number of hydrogen-bond acceptors (Lipinski definition) is 6. The maximum Gasteiger partial charge on any atom is 0.258 e. The Morgan fingerprint density at radius 2 is 2.04 bits per heavy atom. The van der Waals surface area contributed by atoms with Gasteiger partial charge in [-0.05, 0) is 44.2 Å². The molecule has 0 unspecified atom stereocenters. The zero-order valence-corrected chi connectivity index (χ0v) is 15.6. The van der Waals surface area contributed by atoms with Crippen LogP contribution >= 0.6 is 0 Å². The molecule has 3 heterocycles. The second kappa shape index (κ2) is 6.26. The van der Waals surface area contributed by atoms with Crippen LogP contribution in [0.4, 0.5) is 5.69 Å². The van der Waals surface area contributed by atoms with Gasteiger partial charge < -0.3 is 0 Å². The summed E-state index contributed by atoms with van der Waals surface area (Å²) in [6, 6.07) is 13.5. The van der Waals surface area contributed by atoms with E-state index in [0.29, 0.717) is 30.1 Å². The highest BCUT2D eigenvalue weighted by molar-refractivity contribution is 6.19. The van der Waals surface area contributed by atoms with Crippen molar-refractivity contribution in [3.8, 4) is 0 Å². The van der Waals surface area contributed by atoms with Gasteiger partial charge in [0.15, 0.2) is 0 Å². The number of carbonyl (C=O) groups is 1. The first kappa shape index (κ1) is 16.6. The molecule has 2 aliphatic heterocycles. The summed E-state index contributed by atoms with van der Waals surface area (Å²) in [6.07, 6.45) is 0. The zero-order chi connectivity index (χ0) is 19.3. The number of aliphatic imine (C=N–C) groups is 2. The maximum atomic E-state index is 12.9. The number of nitrogens with zero attached hydrogens (tertiary/aromatic N) is 6. The number of para-hydroxylation sites is 1. The fraction of sp³-hybridized carbons (Fsp3) is 0.250. The van der Waals surface area contributed by atoms with Crippen LogP contribution < -0.4 is 5.32 Å². The summed E-state index contributed by atoms with van der Waals surface area (Å²) in [5.41, 5.74) is 3.92. The lowest BCUT2D eigenvalue weighted by atomic mass is 10.1.